The molecule has 5 heterocycles. The number of carbonyl (C=O) groups is 2. The van der Waals surface area contributed by atoms with E-state index in [1.807, 2.05) is 13.8 Å². The number of aliphatic hydroxyl groups is 1. The minimum absolute atomic E-state index is 0.0301. The largest absolute Gasteiger partial charge is 0.617 e. The SMILES string of the molecule is C1CCOC1.CC1(C)OCC(CO)O1.COc1cccc2c1[n+]([O-])c1cccc(OC(=O)CCl)c1[n+]2[O-].COc1cccc2c1[n+]([O-])c1cccc(OC(=O)COCC3COC(C)(C)O3)c1[n+]2[O-]. The highest BCUT2D eigenvalue weighted by Gasteiger charge is 2.34. The number of benzene rings is 4. The molecular weight excluding hydrogens is 916 g/mol. The van der Waals surface area contributed by atoms with Crippen LogP contribution in [0.2, 0.25) is 0 Å². The fourth-order valence-electron chi connectivity index (χ4n) is 7.28. The normalized spacial score (nSPS) is 17.9. The van der Waals surface area contributed by atoms with Crippen molar-refractivity contribution < 1.29 is 81.0 Å². The van der Waals surface area contributed by atoms with Gasteiger partial charge in [0.05, 0.1) is 40.6 Å². The second kappa shape index (κ2) is 22.8. The van der Waals surface area contributed by atoms with Gasteiger partial charge in [-0.1, -0.05) is 24.3 Å². The van der Waals surface area contributed by atoms with Gasteiger partial charge in [-0.25, -0.2) is 4.79 Å². The molecule has 22 heteroatoms. The summed E-state index contributed by atoms with van der Waals surface area (Å²) in [6.45, 7) is 9.97. The van der Waals surface area contributed by atoms with Crippen LogP contribution in [0.4, 0.5) is 0 Å². The maximum atomic E-state index is 13.0. The summed E-state index contributed by atoms with van der Waals surface area (Å²) >= 11 is 5.42. The number of methoxy groups -OCH3 is 2. The standard InChI is InChI=1S/C21H22N2O8.C15H11ClN2O5.C6H12O3.C4H8O/c1-21(2)29-11-13(31-21)10-28-12-18(24)30-17-9-5-7-15-20(17)23(26)14-6-4-8-16(27-3)19(14)22(15)25;1-22-11-6-2-4-9-14(11)17(20)10-5-3-7-12(15(10)18(9)21)23-13(19)8-16;1-6(2)8-4-5(3-7)9-6;1-2-4-5-3-1/h4-9,13H,10-12H2,1-3H3;2-7H,8H2,1H3;5,7H,3-4H2,1-2H3;1-4H2. The lowest BCUT2D eigenvalue weighted by atomic mass is 10.2. The molecule has 0 saturated carbocycles. The number of aliphatic hydroxyl groups excluding tert-OH is 1. The highest BCUT2D eigenvalue weighted by Crippen LogP contribution is 2.29. The van der Waals surface area contributed by atoms with Gasteiger partial charge in [-0.15, -0.1) is 11.6 Å². The quantitative estimate of drug-likeness (QED) is 0.0513. The summed E-state index contributed by atoms with van der Waals surface area (Å²) in [7, 11) is 2.82. The van der Waals surface area contributed by atoms with Gasteiger partial charge in [0.25, 0.3) is 22.1 Å². The molecule has 3 aliphatic rings. The molecule has 1 N–H and O–H groups in total. The molecule has 0 radical (unpaired) electrons. The topological polar surface area (TPSA) is 254 Å². The van der Waals surface area contributed by atoms with Crippen LogP contribution in [0, 0.1) is 20.8 Å². The fourth-order valence-corrected chi connectivity index (χ4v) is 7.33. The molecule has 0 spiro atoms. The van der Waals surface area contributed by atoms with Crippen molar-refractivity contribution in [1.82, 2.24) is 0 Å². The van der Waals surface area contributed by atoms with Crippen LogP contribution in [0.5, 0.6) is 23.0 Å². The molecule has 6 aromatic rings. The first kappa shape index (κ1) is 51.2. The smallest absolute Gasteiger partial charge is 0.337 e. The summed E-state index contributed by atoms with van der Waals surface area (Å²) in [6, 6.07) is 18.2. The van der Waals surface area contributed by atoms with Crippen molar-refractivity contribution in [3.8, 4) is 23.0 Å². The number of alkyl halides is 1. The van der Waals surface area contributed by atoms with Gasteiger partial charge in [0, 0.05) is 37.5 Å². The summed E-state index contributed by atoms with van der Waals surface area (Å²) in [5.41, 5.74) is 0.333. The van der Waals surface area contributed by atoms with E-state index in [1.54, 1.807) is 38.1 Å². The van der Waals surface area contributed by atoms with Crippen LogP contribution in [-0.2, 0) is 38.0 Å². The van der Waals surface area contributed by atoms with Gasteiger partial charge in [0.15, 0.2) is 23.1 Å². The van der Waals surface area contributed by atoms with Gasteiger partial charge in [-0.3, -0.25) is 4.79 Å². The van der Waals surface area contributed by atoms with E-state index in [1.165, 1.54) is 75.6 Å². The maximum Gasteiger partial charge on any atom is 0.337 e. The number of para-hydroxylation sites is 4. The van der Waals surface area contributed by atoms with Crippen LogP contribution in [-0.4, -0.2) is 107 Å². The molecule has 21 nitrogen and oxygen atoms in total. The number of ether oxygens (including phenoxy) is 10. The number of esters is 2. The Balaban J connectivity index is 0.000000178. The Morgan fingerprint density at radius 2 is 1.01 bits per heavy atom. The Hall–Kier alpha value is -6.17. The molecule has 2 aromatic heterocycles. The molecule has 366 valence electrons. The first-order valence-electron chi connectivity index (χ1n) is 21.4. The Kier molecular flexibility index (Phi) is 17.1. The van der Waals surface area contributed by atoms with Crippen LogP contribution in [0.15, 0.2) is 72.8 Å². The second-order valence-corrected chi connectivity index (χ2v) is 16.3. The number of carbonyl (C=O) groups excluding carboxylic acids is 2. The third kappa shape index (κ3) is 12.1. The van der Waals surface area contributed by atoms with Crippen molar-refractivity contribution in [2.45, 2.75) is 64.3 Å². The van der Waals surface area contributed by atoms with Gasteiger partial charge in [0.2, 0.25) is 11.5 Å². The summed E-state index contributed by atoms with van der Waals surface area (Å²) in [4.78, 5) is 23.7. The maximum absolute atomic E-state index is 13.0. The zero-order valence-electron chi connectivity index (χ0n) is 38.3. The Morgan fingerprint density at radius 3 is 1.34 bits per heavy atom. The molecular formula is C46H53ClN4O17. The number of hydrogen-bond donors (Lipinski definition) is 1. The van der Waals surface area contributed by atoms with E-state index in [0.717, 1.165) is 13.2 Å². The van der Waals surface area contributed by atoms with Crippen LogP contribution >= 0.6 is 11.6 Å². The van der Waals surface area contributed by atoms with Crippen molar-refractivity contribution in [2.75, 3.05) is 66.3 Å². The number of aromatic nitrogens is 4. The minimum atomic E-state index is -0.720. The van der Waals surface area contributed by atoms with E-state index in [0.29, 0.717) is 32.1 Å². The summed E-state index contributed by atoms with van der Waals surface area (Å²) in [5, 5.41) is 59.9. The third-order valence-corrected chi connectivity index (χ3v) is 10.5. The average molecular weight is 969 g/mol. The van der Waals surface area contributed by atoms with E-state index in [4.69, 9.17) is 64.1 Å². The first-order valence-corrected chi connectivity index (χ1v) is 21.9. The van der Waals surface area contributed by atoms with Crippen LogP contribution < -0.4 is 37.9 Å². The second-order valence-electron chi connectivity index (χ2n) is 16.1. The van der Waals surface area contributed by atoms with E-state index in [9.17, 15) is 30.4 Å². The predicted molar refractivity (Wildman–Crippen MR) is 242 cm³/mol. The lowest BCUT2D eigenvalue weighted by Crippen LogP contribution is -2.40. The zero-order chi connectivity index (χ0) is 49.2. The Bertz CT molecular complexity index is 2730. The summed E-state index contributed by atoms with van der Waals surface area (Å²) in [6.07, 6.45) is 2.14. The van der Waals surface area contributed by atoms with Gasteiger partial charge in [-0.05, 0) is 64.8 Å². The summed E-state index contributed by atoms with van der Waals surface area (Å²) in [5.74, 6) is -2.52. The Labute approximate surface area is 395 Å². The van der Waals surface area contributed by atoms with Crippen LogP contribution in [0.1, 0.15) is 40.5 Å². The Morgan fingerprint density at radius 1 is 0.632 bits per heavy atom. The van der Waals surface area contributed by atoms with E-state index >= 15 is 0 Å². The van der Waals surface area contributed by atoms with Gasteiger partial charge in [-0.2, -0.15) is 18.9 Å². The van der Waals surface area contributed by atoms with E-state index in [-0.39, 0.29) is 105 Å². The minimum Gasteiger partial charge on any atom is -0.617 e. The molecule has 2 unspecified atom stereocenters. The lowest BCUT2D eigenvalue weighted by Gasteiger charge is -2.16. The number of rotatable bonds is 10. The van der Waals surface area contributed by atoms with Gasteiger partial charge >= 0.3 is 34.0 Å². The highest BCUT2D eigenvalue weighted by molar-refractivity contribution is 6.26. The predicted octanol–water partition coefficient (Wildman–Crippen LogP) is 3.68. The first-order chi connectivity index (χ1) is 32.5. The molecule has 0 aliphatic carbocycles. The number of fused-ring (bicyclic) bond motifs is 4. The van der Waals surface area contributed by atoms with E-state index < -0.39 is 23.5 Å². The average Bonchev–Trinajstić information content (AvgIpc) is 4.12. The van der Waals surface area contributed by atoms with Crippen molar-refractivity contribution in [3.63, 3.8) is 0 Å². The highest BCUT2D eigenvalue weighted by atomic mass is 35.5. The van der Waals surface area contributed by atoms with Crippen molar-refractivity contribution in [1.29, 1.82) is 0 Å². The third-order valence-electron chi connectivity index (χ3n) is 10.3. The molecule has 3 aliphatic heterocycles. The van der Waals surface area contributed by atoms with E-state index in [2.05, 4.69) is 0 Å². The molecule has 2 atom stereocenters. The molecule has 0 bridgehead atoms. The lowest BCUT2D eigenvalue weighted by molar-refractivity contribution is -0.591. The van der Waals surface area contributed by atoms with Crippen LogP contribution in [0.3, 0.4) is 0 Å². The summed E-state index contributed by atoms with van der Waals surface area (Å²) < 4.78 is 54.7. The number of nitrogens with zero attached hydrogens (tertiary/aromatic N) is 4. The fraction of sp³-hybridized carbons (Fsp3) is 0.435. The molecule has 9 rings (SSSR count). The van der Waals surface area contributed by atoms with Crippen molar-refractivity contribution >= 4 is 67.7 Å². The van der Waals surface area contributed by atoms with Crippen molar-refractivity contribution in [3.05, 3.63) is 93.6 Å². The molecule has 68 heavy (non-hydrogen) atoms. The molecule has 3 fully saturated rings. The van der Waals surface area contributed by atoms with Gasteiger partial charge in [0.1, 0.15) is 24.7 Å². The monoisotopic (exact) mass is 968 g/mol. The molecule has 3 saturated heterocycles. The number of hydrogen-bond acceptors (Lipinski definition) is 17. The molecule has 0 amide bonds. The van der Waals surface area contributed by atoms with Crippen LogP contribution in [0.25, 0.3) is 44.1 Å². The zero-order valence-corrected chi connectivity index (χ0v) is 39.1. The van der Waals surface area contributed by atoms with Crippen molar-refractivity contribution in [2.24, 2.45) is 0 Å². The van der Waals surface area contributed by atoms with Gasteiger partial charge < -0.3 is 73.3 Å². The number of halogens is 1. The molecule has 4 aromatic carbocycles.